The zero-order chi connectivity index (χ0) is 35.0. The molecule has 5 aromatic rings. The van der Waals surface area contributed by atoms with Crippen molar-refractivity contribution in [2.45, 2.75) is 117 Å². The van der Waals surface area contributed by atoms with Gasteiger partial charge in [0, 0.05) is 68.3 Å². The molecule has 263 valence electrons. The molecule has 7 heteroatoms. The van der Waals surface area contributed by atoms with Crippen molar-refractivity contribution in [3.63, 3.8) is 0 Å². The van der Waals surface area contributed by atoms with Crippen LogP contribution in [0.25, 0.3) is 42.3 Å². The minimum Gasteiger partial charge on any atom is -0.512 e. The summed E-state index contributed by atoms with van der Waals surface area (Å²) in [7, 11) is 0. The predicted octanol–water partition coefficient (Wildman–Crippen LogP) is 12.4. The van der Waals surface area contributed by atoms with Gasteiger partial charge in [0.15, 0.2) is 5.78 Å². The second-order valence-electron chi connectivity index (χ2n) is 14.9. The van der Waals surface area contributed by atoms with Gasteiger partial charge in [-0.2, -0.15) is 0 Å². The molecule has 3 aromatic carbocycles. The number of aliphatic hydroxyl groups excluding tert-OH is 1. The van der Waals surface area contributed by atoms with Gasteiger partial charge in [0.25, 0.3) is 0 Å². The number of aromatic nitrogens is 2. The van der Waals surface area contributed by atoms with Gasteiger partial charge in [-0.15, -0.1) is 52.2 Å². The molecular weight excluding hydrogens is 821 g/mol. The summed E-state index contributed by atoms with van der Waals surface area (Å²) in [6.07, 6.45) is 7.60. The average Bonchev–Trinajstić information content (AvgIpc) is 3.66. The fraction of sp³-hybridized carbons (Fsp3) is 0.452. The van der Waals surface area contributed by atoms with Gasteiger partial charge in [-0.3, -0.25) is 9.78 Å². The molecule has 1 aliphatic heterocycles. The number of carbonyl (C=O) groups excluding carboxylic acids is 1. The maximum absolute atomic E-state index is 12.2. The fourth-order valence-electron chi connectivity index (χ4n) is 6.42. The second kappa shape index (κ2) is 15.4. The summed E-state index contributed by atoms with van der Waals surface area (Å²) in [5.41, 5.74) is 4.27. The number of benzene rings is 3. The van der Waals surface area contributed by atoms with E-state index in [9.17, 15) is 9.90 Å². The van der Waals surface area contributed by atoms with E-state index >= 15 is 0 Å². The van der Waals surface area contributed by atoms with Gasteiger partial charge < -0.3 is 5.11 Å². The van der Waals surface area contributed by atoms with Gasteiger partial charge >= 0.3 is 0 Å². The van der Waals surface area contributed by atoms with Crippen LogP contribution in [0, 0.1) is 16.9 Å². The van der Waals surface area contributed by atoms with Crippen molar-refractivity contribution in [3.05, 3.63) is 77.8 Å². The molecule has 0 bridgehead atoms. The van der Waals surface area contributed by atoms with Crippen molar-refractivity contribution >= 4 is 60.0 Å². The van der Waals surface area contributed by atoms with E-state index in [2.05, 4.69) is 81.2 Å². The standard InChI is InChI=1S/C27H23N2S2.C15H28O2.Ir/c1-15-11-17-9-10-21-22(25(17)30-15)23-24(28-14-29-26(23)31-21)18-12-16-7-5-6-8-19(16)20(13-18)27(2,3)4;1-7-14(5,8-2)12(16)11-13(17)15(6,9-3)10-4;/h5-10,13-15H,11H2,1-4H3;11,16H,7-10H2,1-6H3;/q-1;;/b;12-11-;. The summed E-state index contributed by atoms with van der Waals surface area (Å²) < 4.78 is 1.30. The Hall–Kier alpha value is -2.57. The molecule has 3 heterocycles. The van der Waals surface area contributed by atoms with E-state index in [1.807, 2.05) is 53.3 Å². The molecule has 2 aromatic heterocycles. The van der Waals surface area contributed by atoms with Crippen molar-refractivity contribution in [2.24, 2.45) is 10.8 Å². The average molecular weight is 872 g/mol. The van der Waals surface area contributed by atoms with Crippen LogP contribution < -0.4 is 0 Å². The molecule has 1 unspecified atom stereocenters. The summed E-state index contributed by atoms with van der Waals surface area (Å²) in [4.78, 5) is 24.2. The SMILES string of the molecule is CC1Cc2ccc3sc4ncnc(-c5[c-]c6ccccc6c(C(C)(C)C)c5)c4c3c2S1.CCC(C)(CC)C(=O)/C=C(\O)C(C)(CC)CC.[Ir]. The first-order valence-electron chi connectivity index (χ1n) is 17.5. The Labute approximate surface area is 315 Å². The summed E-state index contributed by atoms with van der Waals surface area (Å²) in [6.45, 7) is 21.2. The maximum Gasteiger partial charge on any atom is 0.164 e. The van der Waals surface area contributed by atoms with Gasteiger partial charge in [-0.1, -0.05) is 104 Å². The second-order valence-corrected chi connectivity index (χ2v) is 17.4. The zero-order valence-corrected chi connectivity index (χ0v) is 34.7. The van der Waals surface area contributed by atoms with Gasteiger partial charge in [0.1, 0.15) is 16.9 Å². The third kappa shape index (κ3) is 7.71. The topological polar surface area (TPSA) is 63.1 Å². The van der Waals surface area contributed by atoms with Crippen LogP contribution >= 0.6 is 23.1 Å². The summed E-state index contributed by atoms with van der Waals surface area (Å²) in [6, 6.07) is 19.1. The van der Waals surface area contributed by atoms with E-state index in [0.29, 0.717) is 5.25 Å². The summed E-state index contributed by atoms with van der Waals surface area (Å²) in [5.74, 6) is 0.286. The van der Waals surface area contributed by atoms with Gasteiger partial charge in [0.2, 0.25) is 0 Å². The van der Waals surface area contributed by atoms with E-state index in [-0.39, 0.29) is 47.9 Å². The van der Waals surface area contributed by atoms with Crippen LogP contribution in [0.3, 0.4) is 0 Å². The Balaban J connectivity index is 0.000000260. The molecule has 0 spiro atoms. The fourth-order valence-corrected chi connectivity index (χ4v) is 8.83. The van der Waals surface area contributed by atoms with Crippen LogP contribution in [0.15, 0.2) is 65.5 Å². The molecule has 1 radical (unpaired) electrons. The van der Waals surface area contributed by atoms with Gasteiger partial charge in [-0.25, -0.2) is 4.98 Å². The largest absolute Gasteiger partial charge is 0.512 e. The van der Waals surface area contributed by atoms with Crippen LogP contribution in [-0.4, -0.2) is 26.1 Å². The van der Waals surface area contributed by atoms with E-state index in [4.69, 9.17) is 4.98 Å². The number of fused-ring (bicyclic) bond motifs is 6. The number of thioether (sulfide) groups is 1. The van der Waals surface area contributed by atoms with Gasteiger partial charge in [-0.05, 0) is 49.1 Å². The third-order valence-corrected chi connectivity index (χ3v) is 13.1. The Morgan fingerprint density at radius 3 is 2.22 bits per heavy atom. The number of rotatable bonds is 8. The first-order valence-corrected chi connectivity index (χ1v) is 19.2. The third-order valence-electron chi connectivity index (χ3n) is 10.7. The Kier molecular flexibility index (Phi) is 12.3. The van der Waals surface area contributed by atoms with Crippen molar-refractivity contribution in [3.8, 4) is 11.3 Å². The molecule has 0 fully saturated rings. The van der Waals surface area contributed by atoms with Crippen molar-refractivity contribution in [2.75, 3.05) is 0 Å². The summed E-state index contributed by atoms with van der Waals surface area (Å²) >= 11 is 3.77. The van der Waals surface area contributed by atoms with Crippen LogP contribution in [0.4, 0.5) is 0 Å². The first kappa shape index (κ1) is 39.2. The molecule has 1 aliphatic rings. The van der Waals surface area contributed by atoms with E-state index in [0.717, 1.165) is 53.6 Å². The van der Waals surface area contributed by atoms with Crippen molar-refractivity contribution < 1.29 is 30.0 Å². The van der Waals surface area contributed by atoms with E-state index in [1.165, 1.54) is 43.0 Å². The zero-order valence-electron chi connectivity index (χ0n) is 30.7. The number of hydrogen-bond donors (Lipinski definition) is 1. The number of ketones is 1. The van der Waals surface area contributed by atoms with Crippen molar-refractivity contribution in [1.29, 1.82) is 0 Å². The normalized spacial score (nSPS) is 15.2. The number of carbonyl (C=O) groups is 1. The Bertz CT molecular complexity index is 2000. The molecule has 1 N–H and O–H groups in total. The molecule has 0 aliphatic carbocycles. The molecular formula is C42H51IrN2O2S2-. The van der Waals surface area contributed by atoms with Crippen LogP contribution in [-0.2, 0) is 36.7 Å². The summed E-state index contributed by atoms with van der Waals surface area (Å²) in [5, 5.41) is 15.7. The first-order chi connectivity index (χ1) is 22.7. The number of hydrogen-bond acceptors (Lipinski definition) is 6. The molecule has 0 saturated heterocycles. The molecule has 6 rings (SSSR count). The Morgan fingerprint density at radius 2 is 1.59 bits per heavy atom. The van der Waals surface area contributed by atoms with Crippen molar-refractivity contribution in [1.82, 2.24) is 9.97 Å². The van der Waals surface area contributed by atoms with Gasteiger partial charge in [0.05, 0.1) is 0 Å². The smallest absolute Gasteiger partial charge is 0.164 e. The molecule has 4 nitrogen and oxygen atoms in total. The molecule has 0 saturated carbocycles. The van der Waals surface area contributed by atoms with E-state index in [1.54, 1.807) is 17.7 Å². The maximum atomic E-state index is 12.2. The van der Waals surface area contributed by atoms with Crippen LogP contribution in [0.1, 0.15) is 106 Å². The number of aliphatic hydroxyl groups is 1. The molecule has 49 heavy (non-hydrogen) atoms. The quantitative estimate of drug-likeness (QED) is 0.0956. The monoisotopic (exact) mass is 872 g/mol. The number of nitrogens with zero attached hydrogens (tertiary/aromatic N) is 2. The van der Waals surface area contributed by atoms with Crippen LogP contribution in [0.5, 0.6) is 0 Å². The van der Waals surface area contributed by atoms with E-state index < -0.39 is 0 Å². The predicted molar refractivity (Wildman–Crippen MR) is 208 cm³/mol. The minimum absolute atomic E-state index is 0. The number of allylic oxidation sites excluding steroid dienone is 2. The Morgan fingerprint density at radius 1 is 0.939 bits per heavy atom. The number of thiophene rings is 1. The minimum atomic E-state index is -0.337. The molecule has 1 atom stereocenters. The van der Waals surface area contributed by atoms with Crippen LogP contribution in [0.2, 0.25) is 0 Å². The molecule has 0 amide bonds.